The number of halogens is 1. The standard InChI is InChI=1S/C23H27FN4O/c1-27-22(20-6-2-3-7-21(20)26-27)23(29)25-19-12-15-28(16-13-19)14-4-5-17-8-10-18(24)11-9-17/h2-3,6-11,19H,4-5,12-16H2,1H3,(H,25,29). The summed E-state index contributed by atoms with van der Waals surface area (Å²) in [5.74, 6) is -0.229. The Balaban J connectivity index is 1.25. The molecule has 5 nitrogen and oxygen atoms in total. The highest BCUT2D eigenvalue weighted by atomic mass is 19.1. The fourth-order valence-corrected chi connectivity index (χ4v) is 4.13. The van der Waals surface area contributed by atoms with Gasteiger partial charge in [-0.3, -0.25) is 9.48 Å². The summed E-state index contributed by atoms with van der Waals surface area (Å²) in [6.07, 6.45) is 3.93. The van der Waals surface area contributed by atoms with E-state index in [1.807, 2.05) is 43.4 Å². The molecule has 1 saturated heterocycles. The fourth-order valence-electron chi connectivity index (χ4n) is 4.13. The molecule has 2 heterocycles. The van der Waals surface area contributed by atoms with Crippen molar-refractivity contribution in [2.75, 3.05) is 19.6 Å². The lowest BCUT2D eigenvalue weighted by molar-refractivity contribution is 0.0903. The maximum absolute atomic E-state index is 13.0. The quantitative estimate of drug-likeness (QED) is 0.696. The third-order valence-electron chi connectivity index (χ3n) is 5.73. The zero-order valence-electron chi connectivity index (χ0n) is 16.8. The van der Waals surface area contributed by atoms with Crippen molar-refractivity contribution in [2.45, 2.75) is 31.7 Å². The van der Waals surface area contributed by atoms with Crippen molar-refractivity contribution in [3.8, 4) is 0 Å². The average Bonchev–Trinajstić information content (AvgIpc) is 3.06. The summed E-state index contributed by atoms with van der Waals surface area (Å²) in [4.78, 5) is 15.3. The predicted molar refractivity (Wildman–Crippen MR) is 112 cm³/mol. The number of aryl methyl sites for hydroxylation is 2. The molecule has 0 aliphatic carbocycles. The van der Waals surface area contributed by atoms with Gasteiger partial charge in [0.25, 0.3) is 5.91 Å². The highest BCUT2D eigenvalue weighted by molar-refractivity contribution is 6.05. The zero-order valence-corrected chi connectivity index (χ0v) is 16.8. The first-order valence-corrected chi connectivity index (χ1v) is 10.3. The molecule has 0 spiro atoms. The van der Waals surface area contributed by atoms with Gasteiger partial charge in [-0.15, -0.1) is 0 Å². The number of carbonyl (C=O) groups excluding carboxylic acids is 1. The highest BCUT2D eigenvalue weighted by Crippen LogP contribution is 2.18. The number of hydrogen-bond acceptors (Lipinski definition) is 3. The molecule has 6 heteroatoms. The summed E-state index contributed by atoms with van der Waals surface area (Å²) in [7, 11) is 1.82. The molecular formula is C23H27FN4O. The van der Waals surface area contributed by atoms with Gasteiger partial charge in [0.05, 0.1) is 5.52 Å². The van der Waals surface area contributed by atoms with E-state index in [9.17, 15) is 9.18 Å². The number of carbonyl (C=O) groups is 1. The van der Waals surface area contributed by atoms with Crippen molar-refractivity contribution in [3.63, 3.8) is 0 Å². The van der Waals surface area contributed by atoms with E-state index in [-0.39, 0.29) is 17.8 Å². The lowest BCUT2D eigenvalue weighted by atomic mass is 10.0. The SMILES string of the molecule is Cn1nc2ccccc2c1C(=O)NC1CCN(CCCc2ccc(F)cc2)CC1. The molecule has 1 aromatic heterocycles. The van der Waals surface area contributed by atoms with Gasteiger partial charge >= 0.3 is 0 Å². The van der Waals surface area contributed by atoms with Crippen molar-refractivity contribution >= 4 is 16.8 Å². The van der Waals surface area contributed by atoms with E-state index < -0.39 is 0 Å². The Kier molecular flexibility index (Phi) is 5.90. The molecule has 0 unspecified atom stereocenters. The Hall–Kier alpha value is -2.73. The molecule has 1 fully saturated rings. The Morgan fingerprint density at radius 3 is 2.62 bits per heavy atom. The first kappa shape index (κ1) is 19.6. The second kappa shape index (κ2) is 8.74. The molecule has 0 atom stereocenters. The largest absolute Gasteiger partial charge is 0.348 e. The van der Waals surface area contributed by atoms with E-state index in [4.69, 9.17) is 0 Å². The van der Waals surface area contributed by atoms with Crippen LogP contribution in [0.15, 0.2) is 48.5 Å². The normalized spacial score (nSPS) is 15.7. The Morgan fingerprint density at radius 1 is 1.14 bits per heavy atom. The van der Waals surface area contributed by atoms with Crippen molar-refractivity contribution in [2.24, 2.45) is 7.05 Å². The molecule has 1 aliphatic rings. The summed E-state index contributed by atoms with van der Waals surface area (Å²) in [6, 6.07) is 14.7. The molecule has 1 N–H and O–H groups in total. The van der Waals surface area contributed by atoms with Crippen molar-refractivity contribution in [1.82, 2.24) is 20.0 Å². The number of rotatable bonds is 6. The van der Waals surface area contributed by atoms with E-state index >= 15 is 0 Å². The molecular weight excluding hydrogens is 367 g/mol. The van der Waals surface area contributed by atoms with Gasteiger partial charge in [0.15, 0.2) is 0 Å². The summed E-state index contributed by atoms with van der Waals surface area (Å²) in [5, 5.41) is 8.52. The van der Waals surface area contributed by atoms with Crippen molar-refractivity contribution in [1.29, 1.82) is 0 Å². The van der Waals surface area contributed by atoms with Crippen LogP contribution in [-0.2, 0) is 13.5 Å². The van der Waals surface area contributed by atoms with Gasteiger partial charge in [0.1, 0.15) is 11.5 Å². The molecule has 1 amide bonds. The molecule has 2 aromatic carbocycles. The predicted octanol–water partition coefficient (Wildman–Crippen LogP) is 3.54. The molecule has 0 bridgehead atoms. The van der Waals surface area contributed by atoms with Crippen LogP contribution in [0.25, 0.3) is 10.9 Å². The lowest BCUT2D eigenvalue weighted by Gasteiger charge is -2.32. The van der Waals surface area contributed by atoms with Gasteiger partial charge in [-0.05, 0) is 56.0 Å². The number of likely N-dealkylation sites (tertiary alicyclic amines) is 1. The number of nitrogens with one attached hydrogen (secondary N) is 1. The Bertz CT molecular complexity index is 974. The molecule has 1 aliphatic heterocycles. The van der Waals surface area contributed by atoms with Crippen molar-refractivity contribution in [3.05, 3.63) is 65.6 Å². The molecule has 152 valence electrons. The summed E-state index contributed by atoms with van der Waals surface area (Å²) in [6.45, 7) is 3.01. The second-order valence-corrected chi connectivity index (χ2v) is 7.81. The van der Waals surface area contributed by atoms with E-state index in [0.717, 1.165) is 56.2 Å². The van der Waals surface area contributed by atoms with E-state index in [2.05, 4.69) is 15.3 Å². The highest BCUT2D eigenvalue weighted by Gasteiger charge is 2.23. The van der Waals surface area contributed by atoms with E-state index in [1.165, 1.54) is 17.7 Å². The van der Waals surface area contributed by atoms with Crippen LogP contribution in [0.2, 0.25) is 0 Å². The number of amides is 1. The molecule has 29 heavy (non-hydrogen) atoms. The molecule has 0 radical (unpaired) electrons. The van der Waals surface area contributed by atoms with Crippen LogP contribution in [0.3, 0.4) is 0 Å². The van der Waals surface area contributed by atoms with E-state index in [0.29, 0.717) is 5.69 Å². The summed E-state index contributed by atoms with van der Waals surface area (Å²) >= 11 is 0. The fraction of sp³-hybridized carbons (Fsp3) is 0.391. The minimum Gasteiger partial charge on any atom is -0.348 e. The van der Waals surface area contributed by atoms with E-state index in [1.54, 1.807) is 4.68 Å². The van der Waals surface area contributed by atoms with Crippen LogP contribution >= 0.6 is 0 Å². The van der Waals surface area contributed by atoms with Crippen LogP contribution in [0.1, 0.15) is 35.3 Å². The molecule has 3 aromatic rings. The van der Waals surface area contributed by atoms with Crippen molar-refractivity contribution < 1.29 is 9.18 Å². The topological polar surface area (TPSA) is 50.2 Å². The van der Waals surface area contributed by atoms with Gasteiger partial charge in [-0.2, -0.15) is 5.10 Å². The lowest BCUT2D eigenvalue weighted by Crippen LogP contribution is -2.45. The minimum atomic E-state index is -0.183. The maximum atomic E-state index is 13.0. The summed E-state index contributed by atoms with van der Waals surface area (Å²) in [5.41, 5.74) is 2.65. The van der Waals surface area contributed by atoms with Gasteiger partial charge in [-0.1, -0.05) is 30.3 Å². The van der Waals surface area contributed by atoms with Gasteiger partial charge < -0.3 is 10.2 Å². The number of benzene rings is 2. The molecule has 0 saturated carbocycles. The first-order valence-electron chi connectivity index (χ1n) is 10.3. The van der Waals surface area contributed by atoms with Gasteiger partial charge in [0, 0.05) is 31.6 Å². The average molecular weight is 394 g/mol. The monoisotopic (exact) mass is 394 g/mol. The van der Waals surface area contributed by atoms with Crippen LogP contribution < -0.4 is 5.32 Å². The molecule has 4 rings (SSSR count). The zero-order chi connectivity index (χ0) is 20.2. The van der Waals surface area contributed by atoms with Gasteiger partial charge in [0.2, 0.25) is 0 Å². The minimum absolute atomic E-state index is 0.0454. The van der Waals surface area contributed by atoms with Crippen LogP contribution in [-0.4, -0.2) is 46.3 Å². The van der Waals surface area contributed by atoms with Gasteiger partial charge in [-0.25, -0.2) is 4.39 Å². The number of fused-ring (bicyclic) bond motifs is 1. The third-order valence-corrected chi connectivity index (χ3v) is 5.73. The summed E-state index contributed by atoms with van der Waals surface area (Å²) < 4.78 is 14.6. The first-order chi connectivity index (χ1) is 14.1. The Labute approximate surface area is 170 Å². The number of hydrogen-bond donors (Lipinski definition) is 1. The third kappa shape index (κ3) is 4.65. The van der Waals surface area contributed by atoms with Crippen LogP contribution in [0, 0.1) is 5.82 Å². The van der Waals surface area contributed by atoms with Crippen LogP contribution in [0.5, 0.6) is 0 Å². The number of aromatic nitrogens is 2. The van der Waals surface area contributed by atoms with Crippen LogP contribution in [0.4, 0.5) is 4.39 Å². The smallest absolute Gasteiger partial charge is 0.270 e. The maximum Gasteiger partial charge on any atom is 0.270 e. The number of nitrogens with zero attached hydrogens (tertiary/aromatic N) is 3. The second-order valence-electron chi connectivity index (χ2n) is 7.81. The number of piperidine rings is 1. The Morgan fingerprint density at radius 2 is 1.86 bits per heavy atom.